The first-order valence-corrected chi connectivity index (χ1v) is 8.79. The molecule has 0 bridgehead atoms. The zero-order valence-corrected chi connectivity index (χ0v) is 15.0. The van der Waals surface area contributed by atoms with Crippen molar-refractivity contribution in [3.63, 3.8) is 0 Å². The van der Waals surface area contributed by atoms with E-state index in [9.17, 15) is 4.79 Å². The Hall–Kier alpha value is -1.40. The van der Waals surface area contributed by atoms with Crippen molar-refractivity contribution in [3.05, 3.63) is 18.6 Å². The molecule has 24 heavy (non-hydrogen) atoms. The van der Waals surface area contributed by atoms with Gasteiger partial charge in [0.05, 0.1) is 12.2 Å². The van der Waals surface area contributed by atoms with Crippen LogP contribution in [-0.2, 0) is 4.79 Å². The van der Waals surface area contributed by atoms with Crippen LogP contribution in [0.4, 0.5) is 5.82 Å². The molecule has 1 aliphatic carbocycles. The van der Waals surface area contributed by atoms with Crippen molar-refractivity contribution in [2.24, 2.45) is 11.7 Å². The Balaban J connectivity index is 0.00000208. The molecule has 1 aromatic heterocycles. The van der Waals surface area contributed by atoms with E-state index in [1.165, 1.54) is 32.1 Å². The number of nitrogens with zero attached hydrogens (tertiary/aromatic N) is 4. The molecule has 1 unspecified atom stereocenters. The SMILES string of the molecule is Cl.NC(CC1CCCCC1)C(=O)N1CCN(c2cnccn2)CC1. The average molecular weight is 354 g/mol. The third-order valence-electron chi connectivity index (χ3n) is 5.09. The summed E-state index contributed by atoms with van der Waals surface area (Å²) in [5.74, 6) is 1.64. The monoisotopic (exact) mass is 353 g/mol. The van der Waals surface area contributed by atoms with Gasteiger partial charge in [-0.05, 0) is 12.3 Å². The number of amides is 1. The van der Waals surface area contributed by atoms with Gasteiger partial charge in [-0.1, -0.05) is 32.1 Å². The van der Waals surface area contributed by atoms with Crippen LogP contribution in [0.3, 0.4) is 0 Å². The van der Waals surface area contributed by atoms with E-state index in [1.54, 1.807) is 18.6 Å². The fourth-order valence-electron chi connectivity index (χ4n) is 3.73. The van der Waals surface area contributed by atoms with E-state index in [0.29, 0.717) is 19.0 Å². The van der Waals surface area contributed by atoms with E-state index < -0.39 is 0 Å². The Labute approximate surface area is 150 Å². The highest BCUT2D eigenvalue weighted by Gasteiger charge is 2.28. The van der Waals surface area contributed by atoms with Gasteiger partial charge in [0.25, 0.3) is 0 Å². The van der Waals surface area contributed by atoms with Gasteiger partial charge in [-0.25, -0.2) is 4.98 Å². The molecule has 0 radical (unpaired) electrons. The summed E-state index contributed by atoms with van der Waals surface area (Å²) in [6, 6.07) is -0.332. The molecule has 2 fully saturated rings. The van der Waals surface area contributed by atoms with Crippen LogP contribution >= 0.6 is 12.4 Å². The molecule has 2 N–H and O–H groups in total. The molecule has 1 saturated carbocycles. The molecule has 1 aliphatic heterocycles. The van der Waals surface area contributed by atoms with E-state index in [4.69, 9.17) is 5.73 Å². The molecule has 1 saturated heterocycles. The first-order chi connectivity index (χ1) is 11.2. The largest absolute Gasteiger partial charge is 0.352 e. The number of aromatic nitrogens is 2. The molecule has 3 rings (SSSR count). The number of rotatable bonds is 4. The molecule has 134 valence electrons. The second-order valence-corrected chi connectivity index (χ2v) is 6.72. The Bertz CT molecular complexity index is 501. The molecule has 2 heterocycles. The van der Waals surface area contributed by atoms with E-state index in [2.05, 4.69) is 14.9 Å². The van der Waals surface area contributed by atoms with Gasteiger partial charge in [0.15, 0.2) is 0 Å². The summed E-state index contributed by atoms with van der Waals surface area (Å²) < 4.78 is 0. The van der Waals surface area contributed by atoms with Gasteiger partial charge in [0.1, 0.15) is 5.82 Å². The summed E-state index contributed by atoms with van der Waals surface area (Å²) in [5.41, 5.74) is 6.20. The minimum absolute atomic E-state index is 0. The van der Waals surface area contributed by atoms with Crippen LogP contribution in [-0.4, -0.2) is 53.0 Å². The molecule has 2 aliphatic rings. The fourth-order valence-corrected chi connectivity index (χ4v) is 3.73. The lowest BCUT2D eigenvalue weighted by Crippen LogP contribution is -2.53. The maximum absolute atomic E-state index is 12.6. The minimum Gasteiger partial charge on any atom is -0.352 e. The van der Waals surface area contributed by atoms with Gasteiger partial charge in [-0.2, -0.15) is 0 Å². The number of hydrogen-bond acceptors (Lipinski definition) is 5. The summed E-state index contributed by atoms with van der Waals surface area (Å²) in [6.07, 6.45) is 12.4. The molecular formula is C17H28ClN5O. The van der Waals surface area contributed by atoms with Gasteiger partial charge in [-0.15, -0.1) is 12.4 Å². The van der Waals surface area contributed by atoms with Crippen LogP contribution in [0.2, 0.25) is 0 Å². The lowest BCUT2D eigenvalue weighted by atomic mass is 9.84. The van der Waals surface area contributed by atoms with Crippen molar-refractivity contribution in [3.8, 4) is 0 Å². The zero-order valence-electron chi connectivity index (χ0n) is 14.1. The van der Waals surface area contributed by atoms with Crippen LogP contribution in [0.1, 0.15) is 38.5 Å². The van der Waals surface area contributed by atoms with Crippen molar-refractivity contribution < 1.29 is 4.79 Å². The number of piperazine rings is 1. The van der Waals surface area contributed by atoms with Gasteiger partial charge >= 0.3 is 0 Å². The third-order valence-corrected chi connectivity index (χ3v) is 5.09. The van der Waals surface area contributed by atoms with Gasteiger partial charge in [0.2, 0.25) is 5.91 Å². The van der Waals surface area contributed by atoms with Crippen molar-refractivity contribution in [1.82, 2.24) is 14.9 Å². The standard InChI is InChI=1S/C17H27N5O.ClH/c18-15(12-14-4-2-1-3-5-14)17(23)22-10-8-21(9-11-22)16-13-19-6-7-20-16;/h6-7,13-15H,1-5,8-12,18H2;1H. The van der Waals surface area contributed by atoms with Crippen molar-refractivity contribution in [1.29, 1.82) is 0 Å². The smallest absolute Gasteiger partial charge is 0.239 e. The van der Waals surface area contributed by atoms with Crippen molar-refractivity contribution in [2.75, 3.05) is 31.1 Å². The highest BCUT2D eigenvalue weighted by atomic mass is 35.5. The van der Waals surface area contributed by atoms with Crippen molar-refractivity contribution >= 4 is 24.1 Å². The molecule has 6 nitrogen and oxygen atoms in total. The Morgan fingerprint density at radius 1 is 1.17 bits per heavy atom. The lowest BCUT2D eigenvalue weighted by Gasteiger charge is -2.36. The summed E-state index contributed by atoms with van der Waals surface area (Å²) in [6.45, 7) is 3.02. The second-order valence-electron chi connectivity index (χ2n) is 6.72. The minimum atomic E-state index is -0.332. The predicted molar refractivity (Wildman–Crippen MR) is 97.2 cm³/mol. The number of nitrogens with two attached hydrogens (primary N) is 1. The Morgan fingerprint density at radius 3 is 2.50 bits per heavy atom. The average Bonchev–Trinajstić information content (AvgIpc) is 2.63. The van der Waals surface area contributed by atoms with E-state index in [0.717, 1.165) is 25.3 Å². The van der Waals surface area contributed by atoms with E-state index >= 15 is 0 Å². The molecule has 0 aromatic carbocycles. The summed E-state index contributed by atoms with van der Waals surface area (Å²) >= 11 is 0. The van der Waals surface area contributed by atoms with Gasteiger partial charge in [0, 0.05) is 38.6 Å². The number of hydrogen-bond donors (Lipinski definition) is 1. The number of halogens is 1. The fraction of sp³-hybridized carbons (Fsp3) is 0.706. The second kappa shape index (κ2) is 9.18. The van der Waals surface area contributed by atoms with Crippen LogP contribution in [0, 0.1) is 5.92 Å². The van der Waals surface area contributed by atoms with E-state index in [1.807, 2.05) is 4.90 Å². The van der Waals surface area contributed by atoms with Crippen molar-refractivity contribution in [2.45, 2.75) is 44.6 Å². The molecular weight excluding hydrogens is 326 g/mol. The highest BCUT2D eigenvalue weighted by molar-refractivity contribution is 5.85. The number of carbonyl (C=O) groups excluding carboxylic acids is 1. The van der Waals surface area contributed by atoms with Crippen LogP contribution in [0.5, 0.6) is 0 Å². The predicted octanol–water partition coefficient (Wildman–Crippen LogP) is 1.84. The molecule has 1 atom stereocenters. The summed E-state index contributed by atoms with van der Waals surface area (Å²) in [7, 11) is 0. The van der Waals surface area contributed by atoms with Crippen LogP contribution in [0.25, 0.3) is 0 Å². The highest BCUT2D eigenvalue weighted by Crippen LogP contribution is 2.27. The molecule has 7 heteroatoms. The summed E-state index contributed by atoms with van der Waals surface area (Å²) in [5, 5.41) is 0. The molecule has 1 aromatic rings. The number of anilines is 1. The Kier molecular flexibility index (Phi) is 7.24. The van der Waals surface area contributed by atoms with Crippen LogP contribution < -0.4 is 10.6 Å². The Morgan fingerprint density at radius 2 is 1.88 bits per heavy atom. The van der Waals surface area contributed by atoms with E-state index in [-0.39, 0.29) is 24.4 Å². The first-order valence-electron chi connectivity index (χ1n) is 8.79. The molecule has 1 amide bonds. The van der Waals surface area contributed by atoms with Crippen LogP contribution in [0.15, 0.2) is 18.6 Å². The third kappa shape index (κ3) is 4.80. The normalized spacial score (nSPS) is 20.4. The maximum Gasteiger partial charge on any atom is 0.239 e. The first kappa shape index (κ1) is 18.9. The van der Waals surface area contributed by atoms with Gasteiger partial charge in [-0.3, -0.25) is 9.78 Å². The zero-order chi connectivity index (χ0) is 16.1. The number of carbonyl (C=O) groups is 1. The topological polar surface area (TPSA) is 75.4 Å². The quantitative estimate of drug-likeness (QED) is 0.894. The maximum atomic E-state index is 12.6. The lowest BCUT2D eigenvalue weighted by molar-refractivity contribution is -0.133. The molecule has 0 spiro atoms. The summed E-state index contributed by atoms with van der Waals surface area (Å²) in [4.78, 5) is 25.1. The van der Waals surface area contributed by atoms with Gasteiger partial charge < -0.3 is 15.5 Å².